The fraction of sp³-hybridized carbons (Fsp3) is 0.500. The van der Waals surface area contributed by atoms with Gasteiger partial charge in [0, 0.05) is 35.2 Å². The van der Waals surface area contributed by atoms with Crippen molar-refractivity contribution in [3.63, 3.8) is 0 Å². The summed E-state index contributed by atoms with van der Waals surface area (Å²) in [5.74, 6) is -0.841. The Bertz CT molecular complexity index is 540. The van der Waals surface area contributed by atoms with Crippen molar-refractivity contribution in [2.24, 2.45) is 0 Å². The van der Waals surface area contributed by atoms with Crippen LogP contribution in [0.1, 0.15) is 32.8 Å². The largest absolute Gasteiger partial charge is 0.481 e. The highest BCUT2D eigenvalue weighted by Gasteiger charge is 2.23. The van der Waals surface area contributed by atoms with Crippen molar-refractivity contribution in [3.05, 3.63) is 38.3 Å². The molecule has 0 atom stereocenters. The SMILES string of the molecule is CC(C)(C)N(CCC(=O)O)Cc1ccc([N+](=O)[O-])cc1Br. The molecule has 6 nitrogen and oxygen atoms in total. The first-order chi connectivity index (χ1) is 9.61. The lowest BCUT2D eigenvalue weighted by molar-refractivity contribution is -0.384. The van der Waals surface area contributed by atoms with Crippen molar-refractivity contribution in [3.8, 4) is 0 Å². The fourth-order valence-corrected chi connectivity index (χ4v) is 2.36. The zero-order valence-electron chi connectivity index (χ0n) is 12.3. The summed E-state index contributed by atoms with van der Waals surface area (Å²) in [6.45, 7) is 6.97. The molecule has 0 aliphatic heterocycles. The van der Waals surface area contributed by atoms with Gasteiger partial charge in [-0.3, -0.25) is 19.8 Å². The Morgan fingerprint density at radius 1 is 1.43 bits per heavy atom. The molecular formula is C14H19BrN2O4. The molecule has 0 amide bonds. The summed E-state index contributed by atoms with van der Waals surface area (Å²) in [7, 11) is 0. The second-order valence-corrected chi connectivity index (χ2v) is 6.62. The minimum atomic E-state index is -0.841. The maximum atomic E-state index is 10.8. The third kappa shape index (κ3) is 5.43. The summed E-state index contributed by atoms with van der Waals surface area (Å²) in [6, 6.07) is 4.62. The number of nitrogens with zero attached hydrogens (tertiary/aromatic N) is 2. The third-order valence-corrected chi connectivity index (χ3v) is 3.89. The van der Waals surface area contributed by atoms with Gasteiger partial charge in [0.05, 0.1) is 11.3 Å². The molecule has 0 heterocycles. The highest BCUT2D eigenvalue weighted by Crippen LogP contribution is 2.26. The standard InChI is InChI=1S/C14H19BrN2O4/c1-14(2,3)16(7-6-13(18)19)9-10-4-5-11(17(20)21)8-12(10)15/h4-5,8H,6-7,9H2,1-3H3,(H,18,19). The molecule has 21 heavy (non-hydrogen) atoms. The lowest BCUT2D eigenvalue weighted by Gasteiger charge is -2.35. The lowest BCUT2D eigenvalue weighted by Crippen LogP contribution is -2.42. The second-order valence-electron chi connectivity index (χ2n) is 5.77. The first-order valence-corrected chi connectivity index (χ1v) is 7.30. The number of carboxylic acid groups (broad SMARTS) is 1. The van der Waals surface area contributed by atoms with Crippen LogP contribution in [0.2, 0.25) is 0 Å². The number of benzene rings is 1. The molecule has 0 aliphatic rings. The van der Waals surface area contributed by atoms with E-state index in [9.17, 15) is 14.9 Å². The molecule has 0 saturated carbocycles. The monoisotopic (exact) mass is 358 g/mol. The van der Waals surface area contributed by atoms with E-state index in [1.165, 1.54) is 12.1 Å². The van der Waals surface area contributed by atoms with E-state index in [0.29, 0.717) is 17.6 Å². The molecule has 0 aromatic heterocycles. The van der Waals surface area contributed by atoms with E-state index in [4.69, 9.17) is 5.11 Å². The number of rotatable bonds is 6. The Hall–Kier alpha value is -1.47. The average molecular weight is 359 g/mol. The van der Waals surface area contributed by atoms with Gasteiger partial charge in [-0.25, -0.2) is 0 Å². The first kappa shape index (κ1) is 17.6. The molecule has 1 aromatic rings. The smallest absolute Gasteiger partial charge is 0.304 e. The predicted molar refractivity (Wildman–Crippen MR) is 83.2 cm³/mol. The molecule has 0 spiro atoms. The number of nitro benzene ring substituents is 1. The number of carbonyl (C=O) groups is 1. The number of carboxylic acids is 1. The van der Waals surface area contributed by atoms with Gasteiger partial charge in [0.2, 0.25) is 0 Å². The van der Waals surface area contributed by atoms with Crippen LogP contribution in [0.15, 0.2) is 22.7 Å². The highest BCUT2D eigenvalue weighted by molar-refractivity contribution is 9.10. The highest BCUT2D eigenvalue weighted by atomic mass is 79.9. The van der Waals surface area contributed by atoms with E-state index in [1.807, 2.05) is 25.7 Å². The van der Waals surface area contributed by atoms with Crippen molar-refractivity contribution < 1.29 is 14.8 Å². The van der Waals surface area contributed by atoms with E-state index in [1.54, 1.807) is 6.07 Å². The van der Waals surface area contributed by atoms with Crippen LogP contribution in [0, 0.1) is 10.1 Å². The topological polar surface area (TPSA) is 83.7 Å². The minimum Gasteiger partial charge on any atom is -0.481 e. The minimum absolute atomic E-state index is 0.0264. The van der Waals surface area contributed by atoms with Gasteiger partial charge in [-0.2, -0.15) is 0 Å². The first-order valence-electron chi connectivity index (χ1n) is 6.51. The quantitative estimate of drug-likeness (QED) is 0.621. The second kappa shape index (κ2) is 7.00. The molecule has 7 heteroatoms. The van der Waals surface area contributed by atoms with E-state index in [0.717, 1.165) is 5.56 Å². The normalized spacial score (nSPS) is 11.7. The van der Waals surface area contributed by atoms with Crippen molar-refractivity contribution in [2.45, 2.75) is 39.3 Å². The van der Waals surface area contributed by atoms with Crippen molar-refractivity contribution in [1.29, 1.82) is 0 Å². The van der Waals surface area contributed by atoms with Gasteiger partial charge in [-0.1, -0.05) is 15.9 Å². The summed E-state index contributed by atoms with van der Waals surface area (Å²) in [5, 5.41) is 19.6. The summed E-state index contributed by atoms with van der Waals surface area (Å²) in [5.41, 5.74) is 0.718. The third-order valence-electron chi connectivity index (χ3n) is 3.15. The summed E-state index contributed by atoms with van der Waals surface area (Å²) < 4.78 is 0.654. The Kier molecular flexibility index (Phi) is 5.86. The summed E-state index contributed by atoms with van der Waals surface area (Å²) in [6.07, 6.45) is 0.0574. The van der Waals surface area contributed by atoms with Gasteiger partial charge in [-0.15, -0.1) is 0 Å². The Morgan fingerprint density at radius 3 is 2.48 bits per heavy atom. The van der Waals surface area contributed by atoms with E-state index >= 15 is 0 Å². The Balaban J connectivity index is 2.93. The maximum Gasteiger partial charge on any atom is 0.304 e. The number of hydrogen-bond acceptors (Lipinski definition) is 4. The van der Waals surface area contributed by atoms with Crippen LogP contribution >= 0.6 is 15.9 Å². The van der Waals surface area contributed by atoms with Crippen LogP contribution < -0.4 is 0 Å². The van der Waals surface area contributed by atoms with Crippen LogP contribution in [0.4, 0.5) is 5.69 Å². The van der Waals surface area contributed by atoms with Crippen molar-refractivity contribution in [1.82, 2.24) is 4.90 Å². The molecule has 0 aliphatic carbocycles. The molecule has 116 valence electrons. The molecule has 0 bridgehead atoms. The van der Waals surface area contributed by atoms with Gasteiger partial charge in [-0.05, 0) is 32.4 Å². The molecule has 1 aromatic carbocycles. The molecule has 0 unspecified atom stereocenters. The van der Waals surface area contributed by atoms with Crippen molar-refractivity contribution >= 4 is 27.6 Å². The zero-order chi connectivity index (χ0) is 16.2. The van der Waals surface area contributed by atoms with Crippen LogP contribution in [-0.4, -0.2) is 33.0 Å². The van der Waals surface area contributed by atoms with E-state index < -0.39 is 10.9 Å². The molecule has 1 N–H and O–H groups in total. The van der Waals surface area contributed by atoms with Crippen LogP contribution in [0.3, 0.4) is 0 Å². The lowest BCUT2D eigenvalue weighted by atomic mass is 10.0. The summed E-state index contributed by atoms with van der Waals surface area (Å²) in [4.78, 5) is 23.1. The number of aliphatic carboxylic acids is 1. The number of halogens is 1. The van der Waals surface area contributed by atoms with Crippen LogP contribution in [-0.2, 0) is 11.3 Å². The Labute approximate surface area is 132 Å². The van der Waals surface area contributed by atoms with Gasteiger partial charge >= 0.3 is 5.97 Å². The van der Waals surface area contributed by atoms with Gasteiger partial charge in [0.1, 0.15) is 0 Å². The zero-order valence-corrected chi connectivity index (χ0v) is 13.9. The molecular weight excluding hydrogens is 340 g/mol. The Morgan fingerprint density at radius 2 is 2.05 bits per heavy atom. The maximum absolute atomic E-state index is 10.8. The molecule has 0 saturated heterocycles. The van der Waals surface area contributed by atoms with Gasteiger partial charge < -0.3 is 5.11 Å². The van der Waals surface area contributed by atoms with Gasteiger partial charge in [0.15, 0.2) is 0 Å². The van der Waals surface area contributed by atoms with Crippen molar-refractivity contribution in [2.75, 3.05) is 6.54 Å². The van der Waals surface area contributed by atoms with Crippen LogP contribution in [0.25, 0.3) is 0 Å². The number of nitro groups is 1. The predicted octanol–water partition coefficient (Wildman–Crippen LogP) is 3.43. The van der Waals surface area contributed by atoms with E-state index in [-0.39, 0.29) is 17.6 Å². The number of non-ortho nitro benzene ring substituents is 1. The van der Waals surface area contributed by atoms with Gasteiger partial charge in [0.25, 0.3) is 5.69 Å². The van der Waals surface area contributed by atoms with Crippen LogP contribution in [0.5, 0.6) is 0 Å². The molecule has 1 rings (SSSR count). The van der Waals surface area contributed by atoms with E-state index in [2.05, 4.69) is 15.9 Å². The molecule has 0 fully saturated rings. The molecule has 0 radical (unpaired) electrons. The number of hydrogen-bond donors (Lipinski definition) is 1. The summed E-state index contributed by atoms with van der Waals surface area (Å²) >= 11 is 3.34. The average Bonchev–Trinajstić information content (AvgIpc) is 2.33. The fourth-order valence-electron chi connectivity index (χ4n) is 1.87.